The van der Waals surface area contributed by atoms with E-state index in [1.54, 1.807) is 22.8 Å². The molecule has 1 aliphatic heterocycles. The summed E-state index contributed by atoms with van der Waals surface area (Å²) in [5.41, 5.74) is 0.496. The van der Waals surface area contributed by atoms with Crippen molar-refractivity contribution in [1.29, 1.82) is 0 Å². The van der Waals surface area contributed by atoms with Gasteiger partial charge in [-0.05, 0) is 50.3 Å². The number of halogens is 3. The lowest BCUT2D eigenvalue weighted by Gasteiger charge is -2.33. The molecule has 40 heavy (non-hydrogen) atoms. The van der Waals surface area contributed by atoms with Crippen LogP contribution in [-0.2, 0) is 4.79 Å². The van der Waals surface area contributed by atoms with Crippen LogP contribution in [0.15, 0.2) is 52.9 Å². The number of aromatic nitrogens is 1. The number of nitrogens with zero attached hydrogens (tertiary/aromatic N) is 4. The third-order valence-corrected chi connectivity index (χ3v) is 6.72. The normalized spacial score (nSPS) is 14.2. The molecule has 0 saturated carbocycles. The molecule has 0 radical (unpaired) electrons. The number of hydrogen-bond donors (Lipinski definition) is 2. The van der Waals surface area contributed by atoms with Gasteiger partial charge in [-0.2, -0.15) is 13.2 Å². The van der Waals surface area contributed by atoms with Gasteiger partial charge in [-0.25, -0.2) is 14.8 Å². The molecule has 1 aromatic heterocycles. The van der Waals surface area contributed by atoms with E-state index in [9.17, 15) is 27.6 Å². The number of anilines is 1. The van der Waals surface area contributed by atoms with Crippen molar-refractivity contribution in [2.75, 3.05) is 31.5 Å². The number of thiazole rings is 1. The average molecular weight is 573 g/mol. The summed E-state index contributed by atoms with van der Waals surface area (Å²) in [6.07, 6.45) is -1.53. The summed E-state index contributed by atoms with van der Waals surface area (Å²) < 4.78 is 39.1. The molecule has 2 N–H and O–H groups in total. The number of nitrogens with one attached hydrogen (secondary N) is 2. The molecule has 1 aromatic carbocycles. The molecule has 9 nitrogen and oxygen atoms in total. The standard InChI is InChI=1S/C27H27F3N6O3S/c1-5-21(27(28,29)30)15-23(31-4)33-24(38)20-7-6-17(2)19(14-20)8-9-22-16-32-25(40-22)34-26(39)36-12-10-35(11-13-36)18(3)37/h5-7,14-16H,4,10-13H2,1-3H3,(H,33,38)(H,32,34,39)/b21-5+,23-15+. The molecule has 1 fully saturated rings. The van der Waals surface area contributed by atoms with Gasteiger partial charge >= 0.3 is 12.2 Å². The number of allylic oxidation sites excluding steroid dienone is 3. The number of aliphatic imine (C=N–C) groups is 1. The second-order valence-corrected chi connectivity index (χ2v) is 9.65. The van der Waals surface area contributed by atoms with Crippen LogP contribution < -0.4 is 10.6 Å². The van der Waals surface area contributed by atoms with E-state index in [1.807, 2.05) is 0 Å². The summed E-state index contributed by atoms with van der Waals surface area (Å²) in [5, 5.41) is 5.43. The zero-order valence-corrected chi connectivity index (χ0v) is 22.9. The van der Waals surface area contributed by atoms with Crippen LogP contribution in [0, 0.1) is 18.8 Å². The molecule has 13 heteroatoms. The molecule has 1 saturated heterocycles. The molecule has 0 unspecified atom stereocenters. The Hall–Kier alpha value is -4.44. The molecule has 2 heterocycles. The molecular formula is C27H27F3N6O3S. The number of aryl methyl sites for hydroxylation is 1. The molecule has 0 bridgehead atoms. The molecule has 210 valence electrons. The monoisotopic (exact) mass is 572 g/mol. The van der Waals surface area contributed by atoms with Crippen molar-refractivity contribution in [3.05, 3.63) is 69.5 Å². The second-order valence-electron chi connectivity index (χ2n) is 8.62. The maximum absolute atomic E-state index is 13.0. The highest BCUT2D eigenvalue weighted by molar-refractivity contribution is 7.16. The summed E-state index contributed by atoms with van der Waals surface area (Å²) in [7, 11) is 0. The highest BCUT2D eigenvalue weighted by Gasteiger charge is 2.32. The minimum absolute atomic E-state index is 0.0242. The number of carbonyl (C=O) groups is 3. The zero-order valence-electron chi connectivity index (χ0n) is 22.1. The molecule has 3 rings (SSSR count). The number of amides is 4. The Bertz CT molecular complexity index is 1430. The molecule has 0 spiro atoms. The van der Waals surface area contributed by atoms with Gasteiger partial charge in [-0.3, -0.25) is 14.9 Å². The maximum Gasteiger partial charge on any atom is 0.416 e. The first-order chi connectivity index (χ1) is 18.9. The van der Waals surface area contributed by atoms with Crippen LogP contribution in [0.3, 0.4) is 0 Å². The Kier molecular flexibility index (Phi) is 9.84. The van der Waals surface area contributed by atoms with Crippen LogP contribution in [-0.4, -0.2) is 71.7 Å². The van der Waals surface area contributed by atoms with E-state index in [1.165, 1.54) is 43.5 Å². The number of benzene rings is 1. The van der Waals surface area contributed by atoms with Crippen LogP contribution in [0.4, 0.5) is 23.1 Å². The predicted molar refractivity (Wildman–Crippen MR) is 147 cm³/mol. The Morgan fingerprint density at radius 1 is 1.15 bits per heavy atom. The lowest BCUT2D eigenvalue weighted by molar-refractivity contribution is -0.130. The third kappa shape index (κ3) is 8.03. The molecule has 0 atom stereocenters. The number of carbonyl (C=O) groups excluding carboxylic acids is 3. The third-order valence-electron chi connectivity index (χ3n) is 5.89. The van der Waals surface area contributed by atoms with E-state index in [0.717, 1.165) is 11.6 Å². The van der Waals surface area contributed by atoms with Crippen LogP contribution >= 0.6 is 11.3 Å². The maximum atomic E-state index is 13.0. The number of rotatable bonds is 5. The van der Waals surface area contributed by atoms with Crippen LogP contribution in [0.2, 0.25) is 0 Å². The fraction of sp³-hybridized carbons (Fsp3) is 0.296. The van der Waals surface area contributed by atoms with Crippen LogP contribution in [0.25, 0.3) is 0 Å². The number of urea groups is 1. The van der Waals surface area contributed by atoms with Crippen molar-refractivity contribution in [2.45, 2.75) is 26.9 Å². The van der Waals surface area contributed by atoms with Crippen molar-refractivity contribution in [3.63, 3.8) is 0 Å². The van der Waals surface area contributed by atoms with Gasteiger partial charge in [0, 0.05) is 44.2 Å². The predicted octanol–water partition coefficient (Wildman–Crippen LogP) is 4.33. The van der Waals surface area contributed by atoms with Crippen molar-refractivity contribution >= 4 is 41.0 Å². The van der Waals surface area contributed by atoms with E-state index in [0.29, 0.717) is 47.8 Å². The highest BCUT2D eigenvalue weighted by atomic mass is 32.1. The van der Waals surface area contributed by atoms with E-state index < -0.39 is 17.7 Å². The van der Waals surface area contributed by atoms with Gasteiger partial charge in [0.25, 0.3) is 5.91 Å². The molecule has 4 amide bonds. The lowest BCUT2D eigenvalue weighted by atomic mass is 10.0. The first-order valence-electron chi connectivity index (χ1n) is 12.0. The Morgan fingerprint density at radius 2 is 1.82 bits per heavy atom. The van der Waals surface area contributed by atoms with Gasteiger partial charge < -0.3 is 15.1 Å². The van der Waals surface area contributed by atoms with Crippen LogP contribution in [0.5, 0.6) is 0 Å². The van der Waals surface area contributed by atoms with Crippen molar-refractivity contribution in [3.8, 4) is 11.8 Å². The average Bonchev–Trinajstić information content (AvgIpc) is 3.36. The van der Waals surface area contributed by atoms with Gasteiger partial charge in [0.15, 0.2) is 5.13 Å². The first-order valence-corrected chi connectivity index (χ1v) is 12.9. The van der Waals surface area contributed by atoms with Gasteiger partial charge in [0.05, 0.1) is 16.6 Å². The Labute approximate surface area is 233 Å². The minimum atomic E-state index is -4.60. The Morgan fingerprint density at radius 3 is 2.42 bits per heavy atom. The fourth-order valence-corrected chi connectivity index (χ4v) is 4.26. The van der Waals surface area contributed by atoms with Crippen molar-refractivity contribution in [2.24, 2.45) is 4.99 Å². The lowest BCUT2D eigenvalue weighted by Crippen LogP contribution is -2.51. The van der Waals surface area contributed by atoms with Crippen molar-refractivity contribution in [1.82, 2.24) is 20.1 Å². The topological polar surface area (TPSA) is 107 Å². The van der Waals surface area contributed by atoms with Crippen molar-refractivity contribution < 1.29 is 27.6 Å². The molecule has 1 aliphatic rings. The highest BCUT2D eigenvalue weighted by Crippen LogP contribution is 2.27. The van der Waals surface area contributed by atoms with Gasteiger partial charge in [-0.1, -0.05) is 29.4 Å². The van der Waals surface area contributed by atoms with E-state index in [4.69, 9.17) is 0 Å². The summed E-state index contributed by atoms with van der Waals surface area (Å²) in [5.74, 6) is 4.88. The number of alkyl halides is 3. The molecular weight excluding hydrogens is 545 g/mol. The smallest absolute Gasteiger partial charge is 0.339 e. The fourth-order valence-electron chi connectivity index (χ4n) is 3.60. The van der Waals surface area contributed by atoms with Gasteiger partial charge in [-0.15, -0.1) is 0 Å². The molecule has 2 aromatic rings. The van der Waals surface area contributed by atoms with E-state index in [2.05, 4.69) is 39.2 Å². The zero-order chi connectivity index (χ0) is 29.4. The minimum Gasteiger partial charge on any atom is -0.339 e. The van der Waals surface area contributed by atoms with E-state index >= 15 is 0 Å². The Balaban J connectivity index is 1.68. The largest absolute Gasteiger partial charge is 0.416 e. The quantitative estimate of drug-likeness (QED) is 0.316. The number of hydrogen-bond acceptors (Lipinski definition) is 6. The van der Waals surface area contributed by atoms with E-state index in [-0.39, 0.29) is 23.3 Å². The summed E-state index contributed by atoms with van der Waals surface area (Å²) in [4.78, 5) is 48.2. The van der Waals surface area contributed by atoms with Gasteiger partial charge in [0.2, 0.25) is 5.91 Å². The summed E-state index contributed by atoms with van der Waals surface area (Å²) in [6, 6.07) is 4.39. The summed E-state index contributed by atoms with van der Waals surface area (Å²) in [6.45, 7) is 9.54. The van der Waals surface area contributed by atoms with Gasteiger partial charge in [0.1, 0.15) is 5.82 Å². The SMILES string of the molecule is C=N/C(=C\C(=C/C)C(F)(F)F)NC(=O)c1ccc(C)c(C#Cc2cnc(NC(=O)N3CCN(C(C)=O)CC3)s2)c1. The first kappa shape index (κ1) is 30.1. The van der Waals surface area contributed by atoms with Crippen LogP contribution in [0.1, 0.15) is 40.2 Å². The molecule has 0 aliphatic carbocycles. The summed E-state index contributed by atoms with van der Waals surface area (Å²) >= 11 is 1.18. The number of piperazine rings is 1. The second kappa shape index (κ2) is 13.1.